The molecule has 2 aromatic carbocycles. The van der Waals surface area contributed by atoms with E-state index < -0.39 is 5.97 Å². The zero-order chi connectivity index (χ0) is 19.2. The second-order valence-corrected chi connectivity index (χ2v) is 5.75. The zero-order valence-electron chi connectivity index (χ0n) is 15.1. The van der Waals surface area contributed by atoms with Gasteiger partial charge in [0.05, 0.1) is 17.9 Å². The molecule has 0 unspecified atom stereocenters. The first kappa shape index (κ1) is 18.2. The van der Waals surface area contributed by atoms with E-state index in [1.807, 2.05) is 31.2 Å². The third-order valence-corrected chi connectivity index (χ3v) is 3.76. The molecule has 3 N–H and O–H groups in total. The van der Waals surface area contributed by atoms with Crippen molar-refractivity contribution in [3.63, 3.8) is 0 Å². The Bertz CT molecular complexity index is 942. The van der Waals surface area contributed by atoms with Crippen LogP contribution in [0.4, 0.5) is 17.2 Å². The van der Waals surface area contributed by atoms with E-state index in [1.54, 1.807) is 31.2 Å². The Kier molecular flexibility index (Phi) is 5.51. The zero-order valence-corrected chi connectivity index (χ0v) is 15.1. The first-order chi connectivity index (χ1) is 13.1. The van der Waals surface area contributed by atoms with E-state index in [9.17, 15) is 4.79 Å². The SMILES string of the molecule is CCOC(=O)c1ccccc1Nc1ncnc(Oc2ccc(C)cc2)c1N. The minimum Gasteiger partial charge on any atom is -0.462 e. The predicted molar refractivity (Wildman–Crippen MR) is 103 cm³/mol. The maximum atomic E-state index is 12.1. The van der Waals surface area contributed by atoms with E-state index in [0.29, 0.717) is 22.8 Å². The topological polar surface area (TPSA) is 99.4 Å². The van der Waals surface area contributed by atoms with E-state index in [1.165, 1.54) is 6.33 Å². The van der Waals surface area contributed by atoms with Crippen LogP contribution in [0.1, 0.15) is 22.8 Å². The second kappa shape index (κ2) is 8.18. The van der Waals surface area contributed by atoms with E-state index in [-0.39, 0.29) is 18.2 Å². The van der Waals surface area contributed by atoms with Crippen LogP contribution in [0.15, 0.2) is 54.9 Å². The summed E-state index contributed by atoms with van der Waals surface area (Å²) in [6, 6.07) is 14.5. The van der Waals surface area contributed by atoms with Crippen LogP contribution in [-0.4, -0.2) is 22.5 Å². The minimum absolute atomic E-state index is 0.227. The molecule has 0 radical (unpaired) electrons. The number of nitrogens with zero attached hydrogens (tertiary/aromatic N) is 2. The van der Waals surface area contributed by atoms with Crippen molar-refractivity contribution in [2.45, 2.75) is 13.8 Å². The number of para-hydroxylation sites is 1. The predicted octanol–water partition coefficient (Wildman–Crippen LogP) is 4.08. The van der Waals surface area contributed by atoms with Crippen molar-refractivity contribution in [1.29, 1.82) is 0 Å². The quantitative estimate of drug-likeness (QED) is 0.636. The van der Waals surface area contributed by atoms with Crippen molar-refractivity contribution in [2.75, 3.05) is 17.7 Å². The van der Waals surface area contributed by atoms with Gasteiger partial charge in [-0.1, -0.05) is 29.8 Å². The number of ether oxygens (including phenoxy) is 2. The number of rotatable bonds is 6. The number of anilines is 3. The number of aryl methyl sites for hydroxylation is 1. The van der Waals surface area contributed by atoms with Crippen LogP contribution in [0, 0.1) is 6.92 Å². The number of nitrogen functional groups attached to an aromatic ring is 1. The van der Waals surface area contributed by atoms with Gasteiger partial charge in [0, 0.05) is 0 Å². The minimum atomic E-state index is -0.427. The van der Waals surface area contributed by atoms with Crippen LogP contribution >= 0.6 is 0 Å². The van der Waals surface area contributed by atoms with Crippen molar-refractivity contribution in [2.24, 2.45) is 0 Å². The Labute approximate surface area is 157 Å². The van der Waals surface area contributed by atoms with Gasteiger partial charge >= 0.3 is 5.97 Å². The molecule has 0 fully saturated rings. The summed E-state index contributed by atoms with van der Waals surface area (Å²) in [7, 11) is 0. The molecule has 3 rings (SSSR count). The molecule has 7 nitrogen and oxygen atoms in total. The molecule has 3 aromatic rings. The summed E-state index contributed by atoms with van der Waals surface area (Å²) < 4.78 is 10.8. The van der Waals surface area contributed by atoms with Gasteiger partial charge in [0.2, 0.25) is 5.88 Å². The summed E-state index contributed by atoms with van der Waals surface area (Å²) in [5.41, 5.74) is 8.44. The van der Waals surface area contributed by atoms with E-state index in [0.717, 1.165) is 5.56 Å². The van der Waals surface area contributed by atoms with Crippen LogP contribution < -0.4 is 15.8 Å². The molecule has 0 aliphatic carbocycles. The fraction of sp³-hybridized carbons (Fsp3) is 0.150. The Hall–Kier alpha value is -3.61. The summed E-state index contributed by atoms with van der Waals surface area (Å²) in [5, 5.41) is 3.06. The molecule has 1 heterocycles. The lowest BCUT2D eigenvalue weighted by Gasteiger charge is -2.14. The molecule has 0 saturated carbocycles. The number of nitrogens with one attached hydrogen (secondary N) is 1. The Morgan fingerprint density at radius 1 is 1.11 bits per heavy atom. The lowest BCUT2D eigenvalue weighted by atomic mass is 10.2. The highest BCUT2D eigenvalue weighted by Crippen LogP contribution is 2.31. The molecule has 0 spiro atoms. The number of esters is 1. The third-order valence-electron chi connectivity index (χ3n) is 3.76. The molecule has 7 heteroatoms. The second-order valence-electron chi connectivity index (χ2n) is 5.75. The summed E-state index contributed by atoms with van der Waals surface area (Å²) in [5.74, 6) is 0.752. The molecule has 1 aromatic heterocycles. The largest absolute Gasteiger partial charge is 0.462 e. The first-order valence-corrected chi connectivity index (χ1v) is 8.46. The smallest absolute Gasteiger partial charge is 0.340 e. The fourth-order valence-electron chi connectivity index (χ4n) is 2.38. The highest BCUT2D eigenvalue weighted by molar-refractivity contribution is 5.96. The maximum absolute atomic E-state index is 12.1. The summed E-state index contributed by atoms with van der Waals surface area (Å²) in [6.45, 7) is 4.04. The van der Waals surface area contributed by atoms with Gasteiger partial charge in [-0.2, -0.15) is 4.98 Å². The van der Waals surface area contributed by atoms with Gasteiger partial charge in [-0.3, -0.25) is 0 Å². The van der Waals surface area contributed by atoms with Gasteiger partial charge in [0.1, 0.15) is 17.8 Å². The van der Waals surface area contributed by atoms with Gasteiger partial charge < -0.3 is 20.5 Å². The lowest BCUT2D eigenvalue weighted by Crippen LogP contribution is -2.09. The van der Waals surface area contributed by atoms with Crippen molar-refractivity contribution in [3.05, 3.63) is 66.0 Å². The van der Waals surface area contributed by atoms with Crippen molar-refractivity contribution in [1.82, 2.24) is 9.97 Å². The molecule has 27 heavy (non-hydrogen) atoms. The third kappa shape index (κ3) is 4.33. The molecular formula is C20H20N4O3. The fourth-order valence-corrected chi connectivity index (χ4v) is 2.38. The Balaban J connectivity index is 1.87. The number of aromatic nitrogens is 2. The number of benzene rings is 2. The number of hydrogen-bond donors (Lipinski definition) is 2. The van der Waals surface area contributed by atoms with Crippen LogP contribution in [-0.2, 0) is 4.74 Å². The van der Waals surface area contributed by atoms with Crippen molar-refractivity contribution >= 4 is 23.2 Å². The molecule has 0 aliphatic heterocycles. The van der Waals surface area contributed by atoms with Gasteiger partial charge in [0.15, 0.2) is 5.82 Å². The van der Waals surface area contributed by atoms with Gasteiger partial charge in [-0.15, -0.1) is 0 Å². The summed E-state index contributed by atoms with van der Waals surface area (Å²) in [4.78, 5) is 20.4. The van der Waals surface area contributed by atoms with Crippen molar-refractivity contribution < 1.29 is 14.3 Å². The first-order valence-electron chi connectivity index (χ1n) is 8.46. The standard InChI is InChI=1S/C20H20N4O3/c1-3-26-20(25)15-6-4-5-7-16(15)24-18-17(21)19(23-12-22-18)27-14-10-8-13(2)9-11-14/h4-12H,3,21H2,1-2H3,(H,22,23,24). The van der Waals surface area contributed by atoms with E-state index >= 15 is 0 Å². The normalized spacial score (nSPS) is 10.3. The van der Waals surface area contributed by atoms with Crippen LogP contribution in [0.25, 0.3) is 0 Å². The molecule has 0 amide bonds. The van der Waals surface area contributed by atoms with E-state index in [4.69, 9.17) is 15.2 Å². The molecular weight excluding hydrogens is 344 g/mol. The molecule has 0 atom stereocenters. The van der Waals surface area contributed by atoms with E-state index in [2.05, 4.69) is 15.3 Å². The molecule has 0 aliphatic rings. The number of hydrogen-bond acceptors (Lipinski definition) is 7. The van der Waals surface area contributed by atoms with Crippen LogP contribution in [0.5, 0.6) is 11.6 Å². The van der Waals surface area contributed by atoms with Crippen LogP contribution in [0.2, 0.25) is 0 Å². The summed E-state index contributed by atoms with van der Waals surface area (Å²) in [6.07, 6.45) is 1.34. The monoisotopic (exact) mass is 364 g/mol. The highest BCUT2D eigenvalue weighted by Gasteiger charge is 2.15. The lowest BCUT2D eigenvalue weighted by molar-refractivity contribution is 0.0527. The molecule has 0 saturated heterocycles. The van der Waals surface area contributed by atoms with Gasteiger partial charge in [-0.25, -0.2) is 9.78 Å². The van der Waals surface area contributed by atoms with Crippen molar-refractivity contribution in [3.8, 4) is 11.6 Å². The Morgan fingerprint density at radius 2 is 1.85 bits per heavy atom. The van der Waals surface area contributed by atoms with Gasteiger partial charge in [-0.05, 0) is 38.1 Å². The number of carbonyl (C=O) groups excluding carboxylic acids is 1. The molecule has 138 valence electrons. The highest BCUT2D eigenvalue weighted by atomic mass is 16.5. The average Bonchev–Trinajstić information content (AvgIpc) is 2.67. The van der Waals surface area contributed by atoms with Gasteiger partial charge in [0.25, 0.3) is 0 Å². The number of carbonyl (C=O) groups is 1. The average molecular weight is 364 g/mol. The Morgan fingerprint density at radius 3 is 2.59 bits per heavy atom. The number of nitrogens with two attached hydrogens (primary N) is 1. The molecule has 0 bridgehead atoms. The van der Waals surface area contributed by atoms with Crippen LogP contribution in [0.3, 0.4) is 0 Å². The summed E-state index contributed by atoms with van der Waals surface area (Å²) >= 11 is 0. The maximum Gasteiger partial charge on any atom is 0.340 e.